The zero-order valence-electron chi connectivity index (χ0n) is 5.46. The molecule has 0 aromatic heterocycles. The molecule has 0 heterocycles. The Hall–Kier alpha value is -0.690. The lowest BCUT2D eigenvalue weighted by Gasteiger charge is -1.93. The van der Waals surface area contributed by atoms with Crippen LogP contribution in [-0.2, 0) is 0 Å². The molecule has 0 unspecified atom stereocenters. The SMILES string of the molecule is Bc1cccc(BO)c1. The topological polar surface area (TPSA) is 20.2 Å². The molecule has 0 amide bonds. The van der Waals surface area contributed by atoms with E-state index in [1.54, 1.807) is 0 Å². The maximum atomic E-state index is 8.66. The molecule has 1 nitrogen and oxygen atoms in total. The maximum Gasteiger partial charge on any atom is 0.304 e. The number of benzene rings is 1. The molecule has 0 radical (unpaired) electrons. The molecule has 0 aliphatic carbocycles. The third-order valence-corrected chi connectivity index (χ3v) is 1.27. The van der Waals surface area contributed by atoms with Gasteiger partial charge in [0.05, 0.1) is 0 Å². The lowest BCUT2D eigenvalue weighted by Crippen LogP contribution is -2.18. The van der Waals surface area contributed by atoms with E-state index >= 15 is 0 Å². The molecule has 0 spiro atoms. The molecule has 0 aliphatic rings. The number of hydrogen-bond donors (Lipinski definition) is 1. The average molecular weight is 118 g/mol. The van der Waals surface area contributed by atoms with Crippen LogP contribution in [0.15, 0.2) is 24.3 Å². The van der Waals surface area contributed by atoms with Crippen molar-refractivity contribution in [3.8, 4) is 0 Å². The molecule has 0 bridgehead atoms. The Morgan fingerprint density at radius 3 is 2.67 bits per heavy atom. The highest BCUT2D eigenvalue weighted by Crippen LogP contribution is 1.75. The van der Waals surface area contributed by atoms with Crippen molar-refractivity contribution in [2.45, 2.75) is 0 Å². The van der Waals surface area contributed by atoms with Crippen molar-refractivity contribution in [3.63, 3.8) is 0 Å². The van der Waals surface area contributed by atoms with Gasteiger partial charge in [0.15, 0.2) is 0 Å². The van der Waals surface area contributed by atoms with Crippen LogP contribution in [0.4, 0.5) is 0 Å². The predicted molar refractivity (Wildman–Crippen MR) is 43.6 cm³/mol. The molecule has 1 N–H and O–H groups in total. The lowest BCUT2D eigenvalue weighted by molar-refractivity contribution is 0.615. The molecule has 44 valence electrons. The van der Waals surface area contributed by atoms with E-state index in [2.05, 4.69) is 0 Å². The summed E-state index contributed by atoms with van der Waals surface area (Å²) in [5, 5.41) is 8.66. The van der Waals surface area contributed by atoms with Crippen molar-refractivity contribution in [3.05, 3.63) is 24.3 Å². The molecule has 9 heavy (non-hydrogen) atoms. The predicted octanol–water partition coefficient (Wildman–Crippen LogP) is -2.09. The van der Waals surface area contributed by atoms with E-state index in [0.717, 1.165) is 5.46 Å². The van der Waals surface area contributed by atoms with Gasteiger partial charge in [0.25, 0.3) is 0 Å². The van der Waals surface area contributed by atoms with Gasteiger partial charge in [0.1, 0.15) is 7.85 Å². The van der Waals surface area contributed by atoms with Crippen LogP contribution in [0.3, 0.4) is 0 Å². The monoisotopic (exact) mass is 118 g/mol. The Labute approximate surface area is 56.4 Å². The van der Waals surface area contributed by atoms with Crippen molar-refractivity contribution in [2.24, 2.45) is 0 Å². The van der Waals surface area contributed by atoms with E-state index < -0.39 is 0 Å². The zero-order valence-corrected chi connectivity index (χ0v) is 5.46. The third kappa shape index (κ3) is 1.61. The molecule has 1 aromatic rings. The van der Waals surface area contributed by atoms with Gasteiger partial charge in [-0.2, -0.15) is 0 Å². The molecular formula is C6H8B2O. The molecule has 3 heteroatoms. The van der Waals surface area contributed by atoms with Crippen molar-refractivity contribution in [2.75, 3.05) is 0 Å². The number of hydrogen-bond acceptors (Lipinski definition) is 1. The van der Waals surface area contributed by atoms with Gasteiger partial charge in [0.2, 0.25) is 0 Å². The van der Waals surface area contributed by atoms with E-state index in [1.807, 2.05) is 32.1 Å². The van der Waals surface area contributed by atoms with Crippen LogP contribution in [0.25, 0.3) is 0 Å². The molecule has 1 aromatic carbocycles. The highest BCUT2D eigenvalue weighted by molar-refractivity contribution is 6.47. The largest absolute Gasteiger partial charge is 0.449 e. The van der Waals surface area contributed by atoms with E-state index in [4.69, 9.17) is 5.02 Å². The summed E-state index contributed by atoms with van der Waals surface area (Å²) in [4.78, 5) is 0. The van der Waals surface area contributed by atoms with Crippen LogP contribution in [0.1, 0.15) is 0 Å². The lowest BCUT2D eigenvalue weighted by atomic mass is 9.84. The Morgan fingerprint density at radius 2 is 2.22 bits per heavy atom. The Kier molecular flexibility index (Phi) is 1.96. The minimum atomic E-state index is 0.141. The summed E-state index contributed by atoms with van der Waals surface area (Å²) in [6.07, 6.45) is 0. The van der Waals surface area contributed by atoms with Gasteiger partial charge in [-0.3, -0.25) is 0 Å². The minimum absolute atomic E-state index is 0.141. The summed E-state index contributed by atoms with van der Waals surface area (Å²) in [7, 11) is 2.15. The fourth-order valence-corrected chi connectivity index (χ4v) is 0.810. The second-order valence-corrected chi connectivity index (χ2v) is 2.15. The van der Waals surface area contributed by atoms with E-state index in [9.17, 15) is 0 Å². The van der Waals surface area contributed by atoms with Crippen molar-refractivity contribution in [1.82, 2.24) is 0 Å². The highest BCUT2D eigenvalue weighted by Gasteiger charge is 1.89. The first-order valence-electron chi connectivity index (χ1n) is 2.99. The third-order valence-electron chi connectivity index (χ3n) is 1.27. The molecule has 0 fully saturated rings. The molecule has 0 saturated carbocycles. The van der Waals surface area contributed by atoms with Gasteiger partial charge >= 0.3 is 7.48 Å². The average Bonchev–Trinajstić information content (AvgIpc) is 1.88. The molecule has 0 atom stereocenters. The second-order valence-electron chi connectivity index (χ2n) is 2.15. The van der Waals surface area contributed by atoms with Crippen LogP contribution in [0.2, 0.25) is 0 Å². The van der Waals surface area contributed by atoms with Crippen molar-refractivity contribution < 1.29 is 5.02 Å². The van der Waals surface area contributed by atoms with Crippen LogP contribution in [-0.4, -0.2) is 20.4 Å². The second kappa shape index (κ2) is 2.74. The van der Waals surface area contributed by atoms with Gasteiger partial charge in [-0.05, 0) is 0 Å². The van der Waals surface area contributed by atoms with Crippen LogP contribution in [0, 0.1) is 0 Å². The summed E-state index contributed by atoms with van der Waals surface area (Å²) in [6, 6.07) is 7.84. The van der Waals surface area contributed by atoms with Gasteiger partial charge < -0.3 is 5.02 Å². The first kappa shape index (κ1) is 6.43. The van der Waals surface area contributed by atoms with Crippen molar-refractivity contribution in [1.29, 1.82) is 0 Å². The summed E-state index contributed by atoms with van der Waals surface area (Å²) in [6.45, 7) is 0. The van der Waals surface area contributed by atoms with Crippen LogP contribution in [0.5, 0.6) is 0 Å². The quantitative estimate of drug-likeness (QED) is 0.419. The van der Waals surface area contributed by atoms with Crippen molar-refractivity contribution >= 4 is 26.3 Å². The first-order valence-corrected chi connectivity index (χ1v) is 2.99. The zero-order chi connectivity index (χ0) is 6.69. The van der Waals surface area contributed by atoms with Gasteiger partial charge in [-0.1, -0.05) is 35.2 Å². The fourth-order valence-electron chi connectivity index (χ4n) is 0.810. The van der Waals surface area contributed by atoms with Crippen LogP contribution < -0.4 is 10.9 Å². The van der Waals surface area contributed by atoms with Crippen LogP contribution >= 0.6 is 0 Å². The highest BCUT2D eigenvalue weighted by atomic mass is 16.2. The van der Waals surface area contributed by atoms with Gasteiger partial charge in [-0.25, -0.2) is 0 Å². The van der Waals surface area contributed by atoms with Gasteiger partial charge in [-0.15, -0.1) is 0 Å². The summed E-state index contributed by atoms with van der Waals surface area (Å²) >= 11 is 0. The Morgan fingerprint density at radius 1 is 1.44 bits per heavy atom. The van der Waals surface area contributed by atoms with E-state index in [0.29, 0.717) is 0 Å². The minimum Gasteiger partial charge on any atom is -0.449 e. The number of rotatable bonds is 1. The normalized spacial score (nSPS) is 9.00. The smallest absolute Gasteiger partial charge is 0.304 e. The van der Waals surface area contributed by atoms with E-state index in [1.165, 1.54) is 5.46 Å². The molecule has 1 rings (SSSR count). The fraction of sp³-hybridized carbons (Fsp3) is 0. The molecule has 0 saturated heterocycles. The Bertz CT molecular complexity index is 200. The molecular weight excluding hydrogens is 110 g/mol. The summed E-state index contributed by atoms with van der Waals surface area (Å²) in [5.41, 5.74) is 2.18. The summed E-state index contributed by atoms with van der Waals surface area (Å²) < 4.78 is 0. The Balaban J connectivity index is 2.94. The maximum absolute atomic E-state index is 8.66. The molecule has 0 aliphatic heterocycles. The van der Waals surface area contributed by atoms with Gasteiger partial charge in [0, 0.05) is 0 Å². The summed E-state index contributed by atoms with van der Waals surface area (Å²) in [5.74, 6) is 0. The van der Waals surface area contributed by atoms with E-state index in [-0.39, 0.29) is 7.48 Å². The standard InChI is InChI=1S/C6H8B2O/c7-5-2-1-3-6(4-5)8-9/h1-4,8-9H,7H2. The first-order chi connectivity index (χ1) is 4.33.